The summed E-state index contributed by atoms with van der Waals surface area (Å²) in [5.74, 6) is 0. The Morgan fingerprint density at radius 2 is 2.08 bits per heavy atom. The zero-order valence-corrected chi connectivity index (χ0v) is 8.01. The molecule has 0 heterocycles. The first-order valence-electron chi connectivity index (χ1n) is 4.25. The van der Waals surface area contributed by atoms with Gasteiger partial charge >= 0.3 is 0 Å². The highest BCUT2D eigenvalue weighted by atomic mass is 35.5. The number of rotatable bonds is 3. The molecule has 1 aromatic carbocycles. The summed E-state index contributed by atoms with van der Waals surface area (Å²) in [6.45, 7) is 2.12. The number of benzene rings is 1. The maximum absolute atomic E-state index is 5.97. The fraction of sp³-hybridized carbons (Fsp3) is 0.400. The molecule has 0 spiro atoms. The van der Waals surface area contributed by atoms with Crippen molar-refractivity contribution in [2.24, 2.45) is 5.73 Å². The third-order valence-electron chi connectivity index (χ3n) is 1.90. The van der Waals surface area contributed by atoms with Crippen LogP contribution in [0.1, 0.15) is 31.4 Å². The largest absolute Gasteiger partial charge is 0.324 e. The quantitative estimate of drug-likeness (QED) is 0.766. The Morgan fingerprint density at radius 1 is 1.42 bits per heavy atom. The van der Waals surface area contributed by atoms with Crippen molar-refractivity contribution in [3.63, 3.8) is 0 Å². The predicted octanol–water partition coefficient (Wildman–Crippen LogP) is 3.14. The van der Waals surface area contributed by atoms with E-state index in [0.717, 1.165) is 23.4 Å². The van der Waals surface area contributed by atoms with Crippen molar-refractivity contribution in [1.29, 1.82) is 0 Å². The lowest BCUT2D eigenvalue weighted by atomic mass is 10.0. The molecule has 0 saturated heterocycles. The lowest BCUT2D eigenvalue weighted by molar-refractivity contribution is 0.638. The van der Waals surface area contributed by atoms with Crippen LogP contribution in [0.15, 0.2) is 24.3 Å². The first kappa shape index (κ1) is 9.56. The lowest BCUT2D eigenvalue weighted by Gasteiger charge is -2.11. The molecule has 0 unspecified atom stereocenters. The van der Waals surface area contributed by atoms with Crippen molar-refractivity contribution in [3.05, 3.63) is 34.9 Å². The predicted molar refractivity (Wildman–Crippen MR) is 53.3 cm³/mol. The second kappa shape index (κ2) is 4.48. The molecule has 12 heavy (non-hydrogen) atoms. The van der Waals surface area contributed by atoms with Gasteiger partial charge in [-0.1, -0.05) is 43.1 Å². The van der Waals surface area contributed by atoms with Crippen LogP contribution in [0.2, 0.25) is 5.02 Å². The molecule has 1 atom stereocenters. The van der Waals surface area contributed by atoms with E-state index in [1.165, 1.54) is 0 Å². The van der Waals surface area contributed by atoms with E-state index in [4.69, 9.17) is 17.3 Å². The van der Waals surface area contributed by atoms with Crippen LogP contribution in [0, 0.1) is 0 Å². The van der Waals surface area contributed by atoms with Crippen LogP contribution < -0.4 is 5.73 Å². The van der Waals surface area contributed by atoms with Gasteiger partial charge in [-0.15, -0.1) is 0 Å². The normalized spacial score (nSPS) is 12.9. The van der Waals surface area contributed by atoms with E-state index in [2.05, 4.69) is 6.92 Å². The van der Waals surface area contributed by atoms with Gasteiger partial charge in [-0.05, 0) is 18.1 Å². The van der Waals surface area contributed by atoms with Crippen molar-refractivity contribution in [3.8, 4) is 0 Å². The van der Waals surface area contributed by atoms with Crippen LogP contribution in [0.5, 0.6) is 0 Å². The Labute approximate surface area is 78.5 Å². The first-order valence-corrected chi connectivity index (χ1v) is 4.63. The number of nitrogens with two attached hydrogens (primary N) is 1. The van der Waals surface area contributed by atoms with Crippen LogP contribution >= 0.6 is 11.6 Å². The molecule has 0 aliphatic carbocycles. The molecule has 0 fully saturated rings. The number of hydrogen-bond donors (Lipinski definition) is 1. The Bertz CT molecular complexity index is 247. The van der Waals surface area contributed by atoms with E-state index in [-0.39, 0.29) is 6.04 Å². The Hall–Kier alpha value is -0.530. The molecule has 0 bridgehead atoms. The topological polar surface area (TPSA) is 26.0 Å². The highest BCUT2D eigenvalue weighted by molar-refractivity contribution is 6.31. The van der Waals surface area contributed by atoms with E-state index in [9.17, 15) is 0 Å². The van der Waals surface area contributed by atoms with E-state index in [1.54, 1.807) is 0 Å². The second-order valence-corrected chi connectivity index (χ2v) is 3.32. The van der Waals surface area contributed by atoms with Crippen molar-refractivity contribution in [2.45, 2.75) is 25.8 Å². The van der Waals surface area contributed by atoms with Gasteiger partial charge in [-0.3, -0.25) is 0 Å². The minimum absolute atomic E-state index is 0.0868. The average molecular weight is 184 g/mol. The SMILES string of the molecule is CCC[C@@H](N)c1ccccc1Cl. The van der Waals surface area contributed by atoms with Gasteiger partial charge in [0.2, 0.25) is 0 Å². The van der Waals surface area contributed by atoms with Gasteiger partial charge < -0.3 is 5.73 Å². The summed E-state index contributed by atoms with van der Waals surface area (Å²) in [4.78, 5) is 0. The highest BCUT2D eigenvalue weighted by Gasteiger charge is 2.07. The summed E-state index contributed by atoms with van der Waals surface area (Å²) < 4.78 is 0. The van der Waals surface area contributed by atoms with E-state index in [0.29, 0.717) is 0 Å². The summed E-state index contributed by atoms with van der Waals surface area (Å²) >= 11 is 5.97. The highest BCUT2D eigenvalue weighted by Crippen LogP contribution is 2.23. The third-order valence-corrected chi connectivity index (χ3v) is 2.25. The average Bonchev–Trinajstić information content (AvgIpc) is 2.05. The maximum atomic E-state index is 5.97. The van der Waals surface area contributed by atoms with Crippen LogP contribution in [0.3, 0.4) is 0 Å². The van der Waals surface area contributed by atoms with E-state index >= 15 is 0 Å². The van der Waals surface area contributed by atoms with Gasteiger partial charge in [0.25, 0.3) is 0 Å². The molecular weight excluding hydrogens is 170 g/mol. The molecule has 0 aromatic heterocycles. The summed E-state index contributed by atoms with van der Waals surface area (Å²) in [5.41, 5.74) is 6.98. The van der Waals surface area contributed by atoms with Crippen LogP contribution in [0.4, 0.5) is 0 Å². The van der Waals surface area contributed by atoms with Crippen LogP contribution in [0.25, 0.3) is 0 Å². The van der Waals surface area contributed by atoms with Crippen molar-refractivity contribution < 1.29 is 0 Å². The molecule has 66 valence electrons. The van der Waals surface area contributed by atoms with Crippen molar-refractivity contribution in [2.75, 3.05) is 0 Å². The lowest BCUT2D eigenvalue weighted by Crippen LogP contribution is -2.09. The molecule has 0 amide bonds. The summed E-state index contributed by atoms with van der Waals surface area (Å²) in [6, 6.07) is 7.85. The summed E-state index contributed by atoms with van der Waals surface area (Å²) in [5, 5.41) is 0.776. The standard InChI is InChI=1S/C10H14ClN/c1-2-5-10(12)8-6-3-4-7-9(8)11/h3-4,6-7,10H,2,5,12H2,1H3/t10-/m1/s1. The Morgan fingerprint density at radius 3 is 2.67 bits per heavy atom. The third kappa shape index (κ3) is 2.23. The molecule has 0 saturated carbocycles. The van der Waals surface area contributed by atoms with Gasteiger partial charge in [0.05, 0.1) is 0 Å². The first-order chi connectivity index (χ1) is 5.75. The van der Waals surface area contributed by atoms with Gasteiger partial charge in [0, 0.05) is 11.1 Å². The maximum Gasteiger partial charge on any atom is 0.0453 e. The molecule has 2 N–H and O–H groups in total. The van der Waals surface area contributed by atoms with Gasteiger partial charge in [0.15, 0.2) is 0 Å². The van der Waals surface area contributed by atoms with Crippen LogP contribution in [-0.4, -0.2) is 0 Å². The smallest absolute Gasteiger partial charge is 0.0453 e. The monoisotopic (exact) mass is 183 g/mol. The van der Waals surface area contributed by atoms with Gasteiger partial charge in [-0.2, -0.15) is 0 Å². The molecule has 0 aliphatic rings. The van der Waals surface area contributed by atoms with Gasteiger partial charge in [0.1, 0.15) is 0 Å². The second-order valence-electron chi connectivity index (χ2n) is 2.92. The summed E-state index contributed by atoms with van der Waals surface area (Å²) in [6.07, 6.45) is 2.08. The number of halogens is 1. The molecule has 1 aromatic rings. The zero-order valence-electron chi connectivity index (χ0n) is 7.26. The summed E-state index contributed by atoms with van der Waals surface area (Å²) in [7, 11) is 0. The molecule has 0 radical (unpaired) electrons. The number of hydrogen-bond acceptors (Lipinski definition) is 1. The Kier molecular flexibility index (Phi) is 3.57. The fourth-order valence-electron chi connectivity index (χ4n) is 1.24. The van der Waals surface area contributed by atoms with Gasteiger partial charge in [-0.25, -0.2) is 0 Å². The zero-order chi connectivity index (χ0) is 8.97. The molecule has 0 aliphatic heterocycles. The van der Waals surface area contributed by atoms with Crippen molar-refractivity contribution in [1.82, 2.24) is 0 Å². The van der Waals surface area contributed by atoms with Crippen LogP contribution in [-0.2, 0) is 0 Å². The van der Waals surface area contributed by atoms with E-state index in [1.807, 2.05) is 24.3 Å². The molecule has 2 heteroatoms. The van der Waals surface area contributed by atoms with Crippen molar-refractivity contribution >= 4 is 11.6 Å². The van der Waals surface area contributed by atoms with E-state index < -0.39 is 0 Å². The molecule has 1 rings (SSSR count). The minimum atomic E-state index is 0.0868. The minimum Gasteiger partial charge on any atom is -0.324 e. The molecular formula is C10H14ClN. The Balaban J connectivity index is 2.79. The molecule has 1 nitrogen and oxygen atoms in total. The fourth-order valence-corrected chi connectivity index (χ4v) is 1.52.